The number of para-hydroxylation sites is 2. The summed E-state index contributed by atoms with van der Waals surface area (Å²) in [5.41, 5.74) is 3.40. The van der Waals surface area contributed by atoms with Crippen LogP contribution in [0.1, 0.15) is 32.6 Å². The Hall–Kier alpha value is -2.38. The molecule has 0 saturated heterocycles. The van der Waals surface area contributed by atoms with Crippen LogP contribution in [-0.2, 0) is 13.6 Å². The lowest BCUT2D eigenvalue weighted by Gasteiger charge is -2.02. The zero-order chi connectivity index (χ0) is 19.9. The maximum absolute atomic E-state index is 9.75. The van der Waals surface area contributed by atoms with E-state index in [1.54, 1.807) is 0 Å². The number of imidazole rings is 1. The highest BCUT2D eigenvalue weighted by atomic mass is 19.5. The summed E-state index contributed by atoms with van der Waals surface area (Å²) >= 11 is 0. The van der Waals surface area contributed by atoms with Gasteiger partial charge < -0.3 is 21.8 Å². The van der Waals surface area contributed by atoms with Crippen LogP contribution in [0.5, 0.6) is 0 Å². The highest BCUT2D eigenvalue weighted by molar-refractivity contribution is 6.50. The number of aryl methyl sites for hydroxylation is 2. The van der Waals surface area contributed by atoms with Gasteiger partial charge in [0.05, 0.1) is 11.0 Å². The molecular weight excluding hydrogens is 357 g/mol. The second-order valence-electron chi connectivity index (χ2n) is 6.36. The molecular formula is C19H24BF4N3. The van der Waals surface area contributed by atoms with Crippen molar-refractivity contribution in [1.82, 2.24) is 9.55 Å². The molecule has 3 nitrogen and oxygen atoms in total. The molecule has 0 aliphatic carbocycles. The predicted octanol–water partition coefficient (Wildman–Crippen LogP) is 5.41. The lowest BCUT2D eigenvalue weighted by atomic mass is 10.2. The maximum Gasteiger partial charge on any atom is 0.673 e. The minimum Gasteiger partial charge on any atom is -0.418 e. The average molecular weight is 381 g/mol. The summed E-state index contributed by atoms with van der Waals surface area (Å²) in [5.74, 6) is 1.03. The number of nitrogens with zero attached hydrogens (tertiary/aromatic N) is 3. The van der Waals surface area contributed by atoms with Gasteiger partial charge in [0.25, 0.3) is 0 Å². The maximum atomic E-state index is 9.75. The Labute approximate surface area is 156 Å². The fourth-order valence-electron chi connectivity index (χ4n) is 2.88. The number of hydrogen-bond acceptors (Lipinski definition) is 1. The molecule has 1 aromatic carbocycles. The van der Waals surface area contributed by atoms with Crippen LogP contribution in [0.25, 0.3) is 22.4 Å². The number of halogens is 4. The van der Waals surface area contributed by atoms with Gasteiger partial charge in [-0.05, 0) is 18.6 Å². The predicted molar refractivity (Wildman–Crippen MR) is 101 cm³/mol. The summed E-state index contributed by atoms with van der Waals surface area (Å²) in [4.78, 5) is 4.75. The van der Waals surface area contributed by atoms with E-state index in [0.29, 0.717) is 0 Å². The third kappa shape index (κ3) is 6.69. The lowest BCUT2D eigenvalue weighted by molar-refractivity contribution is -0.697. The molecule has 0 bridgehead atoms. The van der Waals surface area contributed by atoms with Crippen LogP contribution in [0, 0.1) is 0 Å². The summed E-state index contributed by atoms with van der Waals surface area (Å²) < 4.78 is 43.4. The van der Waals surface area contributed by atoms with Gasteiger partial charge in [-0.1, -0.05) is 31.9 Å². The number of aromatic nitrogens is 3. The normalized spacial score (nSPS) is 11.3. The van der Waals surface area contributed by atoms with Crippen molar-refractivity contribution in [3.8, 4) is 11.4 Å². The van der Waals surface area contributed by atoms with Crippen molar-refractivity contribution in [2.75, 3.05) is 0 Å². The molecule has 0 atom stereocenters. The number of unbranched alkanes of at least 4 members (excludes halogenated alkanes) is 3. The number of fused-ring (bicyclic) bond motifs is 1. The van der Waals surface area contributed by atoms with Crippen LogP contribution in [0.4, 0.5) is 17.3 Å². The van der Waals surface area contributed by atoms with E-state index in [9.17, 15) is 17.3 Å². The van der Waals surface area contributed by atoms with Crippen molar-refractivity contribution >= 4 is 18.3 Å². The summed E-state index contributed by atoms with van der Waals surface area (Å²) in [5, 5.41) is 0. The zero-order valence-electron chi connectivity index (χ0n) is 15.6. The molecule has 0 N–H and O–H groups in total. The molecule has 146 valence electrons. The molecule has 2 heterocycles. The first kappa shape index (κ1) is 20.9. The Kier molecular flexibility index (Phi) is 7.39. The first-order valence-corrected chi connectivity index (χ1v) is 9.08. The van der Waals surface area contributed by atoms with Gasteiger partial charge in [-0.3, -0.25) is 0 Å². The molecule has 3 rings (SSSR count). The van der Waals surface area contributed by atoms with Crippen LogP contribution in [0.3, 0.4) is 0 Å². The van der Waals surface area contributed by atoms with Crippen molar-refractivity contribution in [2.24, 2.45) is 7.05 Å². The molecule has 0 amide bonds. The fourth-order valence-corrected chi connectivity index (χ4v) is 2.88. The Morgan fingerprint density at radius 3 is 2.19 bits per heavy atom. The minimum absolute atomic E-state index is 1.03. The van der Waals surface area contributed by atoms with E-state index >= 15 is 0 Å². The van der Waals surface area contributed by atoms with E-state index in [1.807, 2.05) is 6.07 Å². The van der Waals surface area contributed by atoms with Gasteiger partial charge in [0, 0.05) is 31.2 Å². The van der Waals surface area contributed by atoms with Crippen LogP contribution in [0.15, 0.2) is 48.8 Å². The first-order valence-electron chi connectivity index (χ1n) is 9.08. The van der Waals surface area contributed by atoms with E-state index in [-0.39, 0.29) is 0 Å². The van der Waals surface area contributed by atoms with Crippen LogP contribution < -0.4 is 4.57 Å². The van der Waals surface area contributed by atoms with Crippen LogP contribution in [-0.4, -0.2) is 16.8 Å². The molecule has 27 heavy (non-hydrogen) atoms. The fraction of sp³-hybridized carbons (Fsp3) is 0.368. The Morgan fingerprint density at radius 2 is 1.59 bits per heavy atom. The number of rotatable bonds is 6. The highest BCUT2D eigenvalue weighted by Gasteiger charge is 2.20. The van der Waals surface area contributed by atoms with Crippen molar-refractivity contribution in [2.45, 2.75) is 39.2 Å². The first-order chi connectivity index (χ1) is 12.8. The smallest absolute Gasteiger partial charge is 0.418 e. The summed E-state index contributed by atoms with van der Waals surface area (Å²) in [7, 11) is -3.92. The van der Waals surface area contributed by atoms with Crippen molar-refractivity contribution in [3.63, 3.8) is 0 Å². The second kappa shape index (κ2) is 9.53. The Balaban J connectivity index is 0.000000465. The summed E-state index contributed by atoms with van der Waals surface area (Å²) in [6.45, 7) is 3.35. The average Bonchev–Trinajstić information content (AvgIpc) is 2.95. The molecule has 2 aromatic heterocycles. The van der Waals surface area contributed by atoms with Gasteiger partial charge in [0.15, 0.2) is 12.4 Å². The largest absolute Gasteiger partial charge is 0.673 e. The Bertz CT molecular complexity index is 838. The second-order valence-corrected chi connectivity index (χ2v) is 6.36. The number of benzene rings is 1. The molecule has 0 radical (unpaired) electrons. The number of hydrogen-bond donors (Lipinski definition) is 0. The van der Waals surface area contributed by atoms with Gasteiger partial charge in [-0.15, -0.1) is 0 Å². The molecule has 0 saturated carbocycles. The molecule has 3 aromatic rings. The van der Waals surface area contributed by atoms with Crippen LogP contribution >= 0.6 is 0 Å². The zero-order valence-corrected chi connectivity index (χ0v) is 15.6. The Morgan fingerprint density at radius 1 is 0.963 bits per heavy atom. The van der Waals surface area contributed by atoms with Crippen molar-refractivity contribution in [3.05, 3.63) is 48.8 Å². The van der Waals surface area contributed by atoms with E-state index < -0.39 is 7.25 Å². The molecule has 0 fully saturated rings. The van der Waals surface area contributed by atoms with Crippen LogP contribution in [0.2, 0.25) is 0 Å². The monoisotopic (exact) mass is 381 g/mol. The molecule has 0 aliphatic rings. The third-order valence-corrected chi connectivity index (χ3v) is 4.21. The standard InChI is InChI=1S/C19H24N3.BF4/c1-3-4-5-8-13-22-14-11-16(12-15-22)19-20-17-9-6-7-10-18(17)21(19)2;2-1(3,4)5/h6-7,9-12,14-15H,3-5,8,13H2,1-2H3;/q+1;-1. The topological polar surface area (TPSA) is 21.7 Å². The van der Waals surface area contributed by atoms with Gasteiger partial charge in [0.2, 0.25) is 0 Å². The molecule has 0 aliphatic heterocycles. The van der Waals surface area contributed by atoms with E-state index in [2.05, 4.69) is 65.8 Å². The SMILES string of the molecule is CCCCCC[n+]1ccc(-c2nc3ccccc3n2C)cc1.F[B-](F)(F)F. The molecule has 8 heteroatoms. The van der Waals surface area contributed by atoms with Gasteiger partial charge in [-0.2, -0.15) is 0 Å². The minimum atomic E-state index is -6.00. The third-order valence-electron chi connectivity index (χ3n) is 4.21. The van der Waals surface area contributed by atoms with Crippen molar-refractivity contribution < 1.29 is 21.8 Å². The lowest BCUT2D eigenvalue weighted by Crippen LogP contribution is -2.32. The van der Waals surface area contributed by atoms with Gasteiger partial charge in [-0.25, -0.2) is 9.55 Å². The highest BCUT2D eigenvalue weighted by Crippen LogP contribution is 2.22. The number of pyridine rings is 1. The summed E-state index contributed by atoms with van der Waals surface area (Å²) in [6, 6.07) is 12.6. The molecule has 0 spiro atoms. The van der Waals surface area contributed by atoms with Gasteiger partial charge >= 0.3 is 7.25 Å². The quantitative estimate of drug-likeness (QED) is 0.242. The van der Waals surface area contributed by atoms with E-state index in [4.69, 9.17) is 4.98 Å². The van der Waals surface area contributed by atoms with Crippen molar-refractivity contribution in [1.29, 1.82) is 0 Å². The van der Waals surface area contributed by atoms with E-state index in [1.165, 1.54) is 36.8 Å². The van der Waals surface area contributed by atoms with E-state index in [0.717, 1.165) is 17.9 Å². The van der Waals surface area contributed by atoms with Gasteiger partial charge in [0.1, 0.15) is 12.4 Å². The molecule has 0 unspecified atom stereocenters. The summed E-state index contributed by atoms with van der Waals surface area (Å²) in [6.07, 6.45) is 9.52.